The number of benzene rings is 3. The predicted octanol–water partition coefficient (Wildman–Crippen LogP) is 3.97. The molecule has 1 N–H and O–H groups in total. The van der Waals surface area contributed by atoms with E-state index >= 15 is 0 Å². The molecular weight excluding hydrogens is 388 g/mol. The van der Waals surface area contributed by atoms with Gasteiger partial charge in [0.15, 0.2) is 5.78 Å². The van der Waals surface area contributed by atoms with E-state index in [1.807, 2.05) is 6.07 Å². The number of anilines is 2. The fourth-order valence-electron chi connectivity index (χ4n) is 2.81. The highest BCUT2D eigenvalue weighted by Crippen LogP contribution is 2.22. The van der Waals surface area contributed by atoms with E-state index < -0.39 is 15.9 Å². The summed E-state index contributed by atoms with van der Waals surface area (Å²) in [4.78, 5) is 24.3. The highest BCUT2D eigenvalue weighted by Gasteiger charge is 2.21. The van der Waals surface area contributed by atoms with Gasteiger partial charge in [0.25, 0.3) is 15.9 Å². The summed E-state index contributed by atoms with van der Waals surface area (Å²) in [5.41, 5.74) is 1.63. The standard InChI is InChI=1S/C22H20N2O4S/c1-16(25)20-10-6-7-11-21(20)23-22(26)17-12-14-19(15-13-17)29(27,28)24(2)18-8-4-3-5-9-18/h3-15H,1-2H3,(H,23,26). The molecule has 3 aromatic rings. The van der Waals surface area contributed by atoms with Crippen LogP contribution < -0.4 is 9.62 Å². The van der Waals surface area contributed by atoms with Gasteiger partial charge < -0.3 is 5.32 Å². The van der Waals surface area contributed by atoms with Gasteiger partial charge in [0.05, 0.1) is 16.3 Å². The smallest absolute Gasteiger partial charge is 0.264 e. The molecule has 0 radical (unpaired) electrons. The minimum absolute atomic E-state index is 0.0736. The van der Waals surface area contributed by atoms with Gasteiger partial charge in [-0.2, -0.15) is 0 Å². The molecule has 0 aliphatic rings. The maximum atomic E-state index is 12.8. The lowest BCUT2D eigenvalue weighted by molar-refractivity contribution is 0.101. The van der Waals surface area contributed by atoms with Crippen LogP contribution in [-0.2, 0) is 10.0 Å². The Morgan fingerprint density at radius 3 is 2.03 bits per heavy atom. The maximum absolute atomic E-state index is 12.8. The Hall–Kier alpha value is -3.45. The monoisotopic (exact) mass is 408 g/mol. The SMILES string of the molecule is CC(=O)c1ccccc1NC(=O)c1ccc(S(=O)(=O)N(C)c2ccccc2)cc1. The molecule has 0 aromatic heterocycles. The molecule has 7 heteroatoms. The molecule has 0 aliphatic heterocycles. The van der Waals surface area contributed by atoms with Gasteiger partial charge >= 0.3 is 0 Å². The van der Waals surface area contributed by atoms with Crippen molar-refractivity contribution in [3.8, 4) is 0 Å². The second kappa shape index (κ2) is 8.28. The number of carbonyl (C=O) groups excluding carboxylic acids is 2. The molecule has 6 nitrogen and oxygen atoms in total. The van der Waals surface area contributed by atoms with Crippen molar-refractivity contribution >= 4 is 33.1 Å². The van der Waals surface area contributed by atoms with Crippen molar-refractivity contribution in [3.05, 3.63) is 90.0 Å². The largest absolute Gasteiger partial charge is 0.321 e. The molecule has 0 heterocycles. The van der Waals surface area contributed by atoms with Gasteiger partial charge in [0.2, 0.25) is 0 Å². The average molecular weight is 408 g/mol. The van der Waals surface area contributed by atoms with Crippen molar-refractivity contribution < 1.29 is 18.0 Å². The highest BCUT2D eigenvalue weighted by molar-refractivity contribution is 7.92. The van der Waals surface area contributed by atoms with Gasteiger partial charge in [-0.3, -0.25) is 13.9 Å². The van der Waals surface area contributed by atoms with Gasteiger partial charge in [-0.05, 0) is 55.5 Å². The fraction of sp³-hybridized carbons (Fsp3) is 0.0909. The summed E-state index contributed by atoms with van der Waals surface area (Å²) in [6.45, 7) is 1.42. The Bertz CT molecular complexity index is 1140. The topological polar surface area (TPSA) is 83.5 Å². The molecule has 1 amide bonds. The summed E-state index contributed by atoms with van der Waals surface area (Å²) in [6, 6.07) is 21.1. The van der Waals surface area contributed by atoms with Crippen LogP contribution >= 0.6 is 0 Å². The Kier molecular flexibility index (Phi) is 5.79. The second-order valence-electron chi connectivity index (χ2n) is 6.39. The zero-order chi connectivity index (χ0) is 21.0. The average Bonchev–Trinajstić information content (AvgIpc) is 2.74. The van der Waals surface area contributed by atoms with E-state index in [1.54, 1.807) is 48.5 Å². The van der Waals surface area contributed by atoms with Gasteiger partial charge in [-0.25, -0.2) is 8.42 Å². The summed E-state index contributed by atoms with van der Waals surface area (Å²) in [7, 11) is -2.28. The van der Waals surface area contributed by atoms with Gasteiger partial charge in [-0.1, -0.05) is 30.3 Å². The van der Waals surface area contributed by atoms with Crippen molar-refractivity contribution in [3.63, 3.8) is 0 Å². The Labute approximate surface area is 169 Å². The summed E-state index contributed by atoms with van der Waals surface area (Å²) in [6.07, 6.45) is 0. The van der Waals surface area contributed by atoms with Crippen molar-refractivity contribution in [1.29, 1.82) is 0 Å². The molecule has 3 rings (SSSR count). The van der Waals surface area contributed by atoms with Crippen LogP contribution in [0.3, 0.4) is 0 Å². The first-order chi connectivity index (χ1) is 13.8. The Morgan fingerprint density at radius 2 is 1.41 bits per heavy atom. The van der Waals surface area contributed by atoms with E-state index in [1.165, 1.54) is 42.5 Å². The first-order valence-corrected chi connectivity index (χ1v) is 10.3. The maximum Gasteiger partial charge on any atom is 0.264 e. The molecular formula is C22H20N2O4S. The third-order valence-electron chi connectivity index (χ3n) is 4.45. The number of hydrogen-bond acceptors (Lipinski definition) is 4. The summed E-state index contributed by atoms with van der Waals surface area (Å²) in [5.74, 6) is -0.592. The zero-order valence-electron chi connectivity index (χ0n) is 16.0. The lowest BCUT2D eigenvalue weighted by Crippen LogP contribution is -2.26. The number of nitrogens with zero attached hydrogens (tertiary/aromatic N) is 1. The van der Waals surface area contributed by atoms with E-state index in [0.29, 0.717) is 16.9 Å². The zero-order valence-corrected chi connectivity index (χ0v) is 16.8. The normalized spacial score (nSPS) is 11.0. The van der Waals surface area contributed by atoms with E-state index in [0.717, 1.165) is 0 Å². The number of rotatable bonds is 6. The van der Waals surface area contributed by atoms with Crippen LogP contribution in [0.25, 0.3) is 0 Å². The molecule has 0 spiro atoms. The Balaban J connectivity index is 1.81. The molecule has 0 unspecified atom stereocenters. The number of amides is 1. The molecule has 0 saturated carbocycles. The molecule has 0 bridgehead atoms. The molecule has 3 aromatic carbocycles. The minimum Gasteiger partial charge on any atom is -0.321 e. The van der Waals surface area contributed by atoms with Crippen molar-refractivity contribution in [2.75, 3.05) is 16.7 Å². The first kappa shape index (κ1) is 20.3. The van der Waals surface area contributed by atoms with Crippen LogP contribution in [-0.4, -0.2) is 27.2 Å². The van der Waals surface area contributed by atoms with Crippen LogP contribution in [0.1, 0.15) is 27.6 Å². The lowest BCUT2D eigenvalue weighted by atomic mass is 10.1. The van der Waals surface area contributed by atoms with Gasteiger partial charge in [-0.15, -0.1) is 0 Å². The summed E-state index contributed by atoms with van der Waals surface area (Å²) in [5, 5.41) is 2.70. The first-order valence-electron chi connectivity index (χ1n) is 8.86. The van der Waals surface area contributed by atoms with Crippen molar-refractivity contribution in [1.82, 2.24) is 0 Å². The minimum atomic E-state index is -3.75. The third kappa shape index (κ3) is 4.35. The Morgan fingerprint density at radius 1 is 0.828 bits per heavy atom. The molecule has 0 saturated heterocycles. The fourth-order valence-corrected chi connectivity index (χ4v) is 4.00. The molecule has 148 valence electrons. The third-order valence-corrected chi connectivity index (χ3v) is 6.25. The van der Waals surface area contributed by atoms with Crippen LogP contribution in [0.2, 0.25) is 0 Å². The van der Waals surface area contributed by atoms with E-state index in [9.17, 15) is 18.0 Å². The molecule has 0 atom stereocenters. The van der Waals surface area contributed by atoms with Crippen LogP contribution in [0.5, 0.6) is 0 Å². The molecule has 0 aliphatic carbocycles. The number of para-hydroxylation sites is 2. The van der Waals surface area contributed by atoms with E-state index in [2.05, 4.69) is 5.32 Å². The highest BCUT2D eigenvalue weighted by atomic mass is 32.2. The number of Topliss-reactive ketones (excluding diaryl/α,β-unsaturated/α-hetero) is 1. The van der Waals surface area contributed by atoms with Crippen LogP contribution in [0.4, 0.5) is 11.4 Å². The number of hydrogen-bond donors (Lipinski definition) is 1. The molecule has 29 heavy (non-hydrogen) atoms. The van der Waals surface area contributed by atoms with Gasteiger partial charge in [0, 0.05) is 18.2 Å². The lowest BCUT2D eigenvalue weighted by Gasteiger charge is -2.19. The summed E-state index contributed by atoms with van der Waals surface area (Å²) >= 11 is 0. The number of sulfonamides is 1. The molecule has 0 fully saturated rings. The number of carbonyl (C=O) groups is 2. The summed E-state index contributed by atoms with van der Waals surface area (Å²) < 4.78 is 26.8. The van der Waals surface area contributed by atoms with E-state index in [-0.39, 0.29) is 16.2 Å². The quantitative estimate of drug-likeness (QED) is 0.626. The number of ketones is 1. The van der Waals surface area contributed by atoms with Crippen molar-refractivity contribution in [2.45, 2.75) is 11.8 Å². The second-order valence-corrected chi connectivity index (χ2v) is 8.36. The van der Waals surface area contributed by atoms with Crippen LogP contribution in [0, 0.1) is 0 Å². The van der Waals surface area contributed by atoms with E-state index in [4.69, 9.17) is 0 Å². The predicted molar refractivity (Wildman–Crippen MR) is 113 cm³/mol. The van der Waals surface area contributed by atoms with Crippen LogP contribution in [0.15, 0.2) is 83.8 Å². The van der Waals surface area contributed by atoms with Crippen molar-refractivity contribution in [2.24, 2.45) is 0 Å². The van der Waals surface area contributed by atoms with Gasteiger partial charge in [0.1, 0.15) is 0 Å². The number of nitrogens with one attached hydrogen (secondary N) is 1.